The average molecular weight is 276 g/mol. The van der Waals surface area contributed by atoms with E-state index in [1.165, 1.54) is 0 Å². The Morgan fingerprint density at radius 1 is 1.26 bits per heavy atom. The molecular weight excluding hydrogens is 260 g/mol. The molecule has 2 rings (SSSR count). The third-order valence-corrected chi connectivity index (χ3v) is 3.32. The molecule has 2 aromatic rings. The Balaban J connectivity index is 1.86. The molecule has 5 heteroatoms. The van der Waals surface area contributed by atoms with Crippen LogP contribution in [0.2, 0.25) is 0 Å². The minimum atomic E-state index is -0.0157. The Morgan fingerprint density at radius 3 is 2.68 bits per heavy atom. The van der Waals surface area contributed by atoms with E-state index in [1.54, 1.807) is 11.3 Å². The molecule has 1 aromatic carbocycles. The highest BCUT2D eigenvalue weighted by Crippen LogP contribution is 2.16. The molecule has 0 aliphatic rings. The zero-order chi connectivity index (χ0) is 13.5. The molecule has 3 N–H and O–H groups in total. The molecule has 0 saturated heterocycles. The molecule has 0 saturated carbocycles. The van der Waals surface area contributed by atoms with Crippen LogP contribution in [-0.4, -0.2) is 19.1 Å². The van der Waals surface area contributed by atoms with Crippen molar-refractivity contribution in [1.29, 1.82) is 0 Å². The highest BCUT2D eigenvalue weighted by atomic mass is 32.1. The lowest BCUT2D eigenvalue weighted by molar-refractivity contribution is -0.115. The maximum absolute atomic E-state index is 11.8. The average Bonchev–Trinajstić information content (AvgIpc) is 2.90. The van der Waals surface area contributed by atoms with E-state index < -0.39 is 0 Å². The molecule has 1 heterocycles. The number of nitrogens with one attached hydrogen (secondary N) is 1. The van der Waals surface area contributed by atoms with E-state index in [4.69, 9.17) is 10.5 Å². The molecule has 0 atom stereocenters. The van der Waals surface area contributed by atoms with Crippen molar-refractivity contribution in [2.45, 2.75) is 6.42 Å². The van der Waals surface area contributed by atoms with Crippen molar-refractivity contribution in [1.82, 2.24) is 0 Å². The Kier molecular flexibility index (Phi) is 4.94. The van der Waals surface area contributed by atoms with Gasteiger partial charge < -0.3 is 15.8 Å². The van der Waals surface area contributed by atoms with Crippen molar-refractivity contribution in [2.24, 2.45) is 5.73 Å². The van der Waals surface area contributed by atoms with E-state index in [9.17, 15) is 4.79 Å². The van der Waals surface area contributed by atoms with E-state index in [0.717, 1.165) is 16.3 Å². The molecule has 1 aromatic heterocycles. The van der Waals surface area contributed by atoms with E-state index >= 15 is 0 Å². The maximum atomic E-state index is 11.8. The summed E-state index contributed by atoms with van der Waals surface area (Å²) in [6.07, 6.45) is 0.406. The van der Waals surface area contributed by atoms with Crippen molar-refractivity contribution in [3.63, 3.8) is 0 Å². The monoisotopic (exact) mass is 276 g/mol. The number of benzene rings is 1. The molecule has 0 radical (unpaired) electrons. The lowest BCUT2D eigenvalue weighted by Crippen LogP contribution is -2.13. The summed E-state index contributed by atoms with van der Waals surface area (Å²) in [6, 6.07) is 11.2. The number of hydrogen-bond donors (Lipinski definition) is 2. The van der Waals surface area contributed by atoms with Crippen LogP contribution >= 0.6 is 11.3 Å². The molecule has 0 fully saturated rings. The first-order valence-corrected chi connectivity index (χ1v) is 6.91. The first kappa shape index (κ1) is 13.6. The van der Waals surface area contributed by atoms with Crippen molar-refractivity contribution in [2.75, 3.05) is 18.5 Å². The third kappa shape index (κ3) is 4.39. The molecule has 19 heavy (non-hydrogen) atoms. The molecule has 0 aliphatic heterocycles. The number of hydrogen-bond acceptors (Lipinski definition) is 4. The SMILES string of the molecule is NCCOc1ccc(NC(=O)Cc2cccs2)cc1. The molecule has 100 valence electrons. The molecule has 0 spiro atoms. The van der Waals surface area contributed by atoms with Gasteiger partial charge in [-0.2, -0.15) is 0 Å². The van der Waals surface area contributed by atoms with Crippen LogP contribution in [0.1, 0.15) is 4.88 Å². The van der Waals surface area contributed by atoms with E-state index in [2.05, 4.69) is 5.32 Å². The number of carbonyl (C=O) groups is 1. The van der Waals surface area contributed by atoms with Gasteiger partial charge in [-0.15, -0.1) is 11.3 Å². The van der Waals surface area contributed by atoms with E-state index in [-0.39, 0.29) is 5.91 Å². The van der Waals surface area contributed by atoms with Gasteiger partial charge in [0.25, 0.3) is 0 Å². The number of rotatable bonds is 6. The zero-order valence-electron chi connectivity index (χ0n) is 10.5. The largest absolute Gasteiger partial charge is 0.492 e. The Labute approximate surface area is 116 Å². The summed E-state index contributed by atoms with van der Waals surface area (Å²) in [7, 11) is 0. The van der Waals surface area contributed by atoms with Crippen LogP contribution < -0.4 is 15.8 Å². The predicted octanol–water partition coefficient (Wildman–Crippen LogP) is 2.27. The second-order valence-electron chi connectivity index (χ2n) is 3.97. The van der Waals surface area contributed by atoms with Crippen LogP contribution in [0.3, 0.4) is 0 Å². The van der Waals surface area contributed by atoms with Crippen molar-refractivity contribution in [3.8, 4) is 5.75 Å². The summed E-state index contributed by atoms with van der Waals surface area (Å²) >= 11 is 1.58. The summed E-state index contributed by atoms with van der Waals surface area (Å²) in [5.41, 5.74) is 6.12. The first-order valence-electron chi connectivity index (χ1n) is 6.03. The number of thiophene rings is 1. The second kappa shape index (κ2) is 6.92. The van der Waals surface area contributed by atoms with Gasteiger partial charge in [0.1, 0.15) is 12.4 Å². The summed E-state index contributed by atoms with van der Waals surface area (Å²) in [5, 5.41) is 4.82. The van der Waals surface area contributed by atoms with Crippen LogP contribution in [0.4, 0.5) is 5.69 Å². The van der Waals surface area contributed by atoms with E-state index in [1.807, 2.05) is 41.8 Å². The fourth-order valence-corrected chi connectivity index (χ4v) is 2.29. The zero-order valence-corrected chi connectivity index (χ0v) is 11.3. The van der Waals surface area contributed by atoms with Crippen molar-refractivity contribution in [3.05, 3.63) is 46.7 Å². The molecular formula is C14H16N2O2S. The van der Waals surface area contributed by atoms with Gasteiger partial charge in [0.2, 0.25) is 5.91 Å². The Bertz CT molecular complexity index is 509. The number of anilines is 1. The topological polar surface area (TPSA) is 64.3 Å². The van der Waals surface area contributed by atoms with Crippen molar-refractivity contribution < 1.29 is 9.53 Å². The van der Waals surface area contributed by atoms with Gasteiger partial charge in [-0.25, -0.2) is 0 Å². The first-order chi connectivity index (χ1) is 9.28. The maximum Gasteiger partial charge on any atom is 0.229 e. The lowest BCUT2D eigenvalue weighted by atomic mass is 10.2. The fraction of sp³-hybridized carbons (Fsp3) is 0.214. The summed E-state index contributed by atoms with van der Waals surface area (Å²) in [6.45, 7) is 0.976. The number of amides is 1. The van der Waals surface area contributed by atoms with Gasteiger partial charge in [0.15, 0.2) is 0 Å². The highest BCUT2D eigenvalue weighted by molar-refractivity contribution is 7.10. The molecule has 0 unspecified atom stereocenters. The normalized spacial score (nSPS) is 10.2. The highest BCUT2D eigenvalue weighted by Gasteiger charge is 2.04. The van der Waals surface area contributed by atoms with Gasteiger partial charge in [0, 0.05) is 17.1 Å². The minimum absolute atomic E-state index is 0.0157. The summed E-state index contributed by atoms with van der Waals surface area (Å²) in [4.78, 5) is 12.8. The van der Waals surface area contributed by atoms with Crippen LogP contribution in [-0.2, 0) is 11.2 Å². The number of ether oxygens (including phenoxy) is 1. The Morgan fingerprint density at radius 2 is 2.05 bits per heavy atom. The van der Waals surface area contributed by atoms with Crippen molar-refractivity contribution >= 4 is 22.9 Å². The van der Waals surface area contributed by atoms with Gasteiger partial charge in [0.05, 0.1) is 6.42 Å². The molecule has 0 bridgehead atoms. The van der Waals surface area contributed by atoms with Crippen LogP contribution in [0.5, 0.6) is 5.75 Å². The van der Waals surface area contributed by atoms with E-state index in [0.29, 0.717) is 19.6 Å². The predicted molar refractivity (Wildman–Crippen MR) is 77.6 cm³/mol. The van der Waals surface area contributed by atoms with Gasteiger partial charge in [-0.05, 0) is 35.7 Å². The van der Waals surface area contributed by atoms with Crippen LogP contribution in [0.15, 0.2) is 41.8 Å². The van der Waals surface area contributed by atoms with Crippen LogP contribution in [0, 0.1) is 0 Å². The lowest BCUT2D eigenvalue weighted by Gasteiger charge is -2.07. The fourth-order valence-electron chi connectivity index (χ4n) is 1.59. The van der Waals surface area contributed by atoms with Gasteiger partial charge in [-0.1, -0.05) is 6.07 Å². The summed E-state index contributed by atoms with van der Waals surface area (Å²) < 4.78 is 5.36. The standard InChI is InChI=1S/C14H16N2O2S/c15-7-8-18-12-5-3-11(4-6-12)16-14(17)10-13-2-1-9-19-13/h1-6,9H,7-8,10,15H2,(H,16,17). The summed E-state index contributed by atoms with van der Waals surface area (Å²) in [5.74, 6) is 0.736. The minimum Gasteiger partial charge on any atom is -0.492 e. The number of nitrogens with two attached hydrogens (primary N) is 1. The second-order valence-corrected chi connectivity index (χ2v) is 5.00. The van der Waals surface area contributed by atoms with Gasteiger partial charge in [-0.3, -0.25) is 4.79 Å². The Hall–Kier alpha value is -1.85. The molecule has 0 aliphatic carbocycles. The third-order valence-electron chi connectivity index (χ3n) is 2.44. The smallest absolute Gasteiger partial charge is 0.229 e. The number of carbonyl (C=O) groups excluding carboxylic acids is 1. The van der Waals surface area contributed by atoms with Crippen LogP contribution in [0.25, 0.3) is 0 Å². The van der Waals surface area contributed by atoms with Gasteiger partial charge >= 0.3 is 0 Å². The molecule has 4 nitrogen and oxygen atoms in total. The molecule has 1 amide bonds. The quantitative estimate of drug-likeness (QED) is 0.850.